The van der Waals surface area contributed by atoms with Crippen LogP contribution in [0.2, 0.25) is 0 Å². The van der Waals surface area contributed by atoms with Gasteiger partial charge in [0, 0.05) is 29.1 Å². The van der Waals surface area contributed by atoms with Crippen molar-refractivity contribution < 1.29 is 28.9 Å². The smallest absolute Gasteiger partial charge is 0.278 e. The van der Waals surface area contributed by atoms with Crippen molar-refractivity contribution in [1.82, 2.24) is 24.0 Å². The van der Waals surface area contributed by atoms with E-state index in [1.54, 1.807) is 0 Å². The Morgan fingerprint density at radius 3 is 2.97 bits per heavy atom. The molecule has 0 bridgehead atoms. The number of hydrogen-bond donors (Lipinski definition) is 2. The summed E-state index contributed by atoms with van der Waals surface area (Å²) in [7, 11) is 1.25. The summed E-state index contributed by atoms with van der Waals surface area (Å²) in [6.45, 7) is 0.271. The highest BCUT2D eigenvalue weighted by Crippen LogP contribution is 2.40. The maximum atomic E-state index is 12.9. The van der Waals surface area contributed by atoms with Crippen LogP contribution in [0.4, 0.5) is 5.13 Å². The first kappa shape index (κ1) is 22.8. The van der Waals surface area contributed by atoms with Gasteiger partial charge < -0.3 is 30.2 Å². The number of anilines is 1. The molecule has 2 atom stereocenters. The second-order valence-electron chi connectivity index (χ2n) is 7.62. The minimum absolute atomic E-state index is 0.0404. The van der Waals surface area contributed by atoms with Gasteiger partial charge in [-0.25, -0.2) is 0 Å². The van der Waals surface area contributed by atoms with Crippen molar-refractivity contribution in [3.05, 3.63) is 54.0 Å². The second kappa shape index (κ2) is 8.99. The molecule has 5 heterocycles. The Hall–Kier alpha value is -3.98. The third kappa shape index (κ3) is 4.08. The highest BCUT2D eigenvalue weighted by Gasteiger charge is 2.53. The van der Waals surface area contributed by atoms with Crippen LogP contribution < -0.4 is 20.7 Å². The van der Waals surface area contributed by atoms with E-state index in [9.17, 15) is 19.5 Å². The van der Waals surface area contributed by atoms with Crippen LogP contribution in [0.5, 0.6) is 0 Å². The molecule has 0 aliphatic carbocycles. The van der Waals surface area contributed by atoms with Gasteiger partial charge in [0.2, 0.25) is 11.5 Å². The summed E-state index contributed by atoms with van der Waals surface area (Å²) in [5.74, 6) is -2.46. The molecule has 0 saturated carbocycles. The lowest BCUT2D eigenvalue weighted by Crippen LogP contribution is -2.71. The van der Waals surface area contributed by atoms with Crippen LogP contribution in [0.3, 0.4) is 0 Å². The number of carboxylic acid groups (broad SMARTS) is 1. The summed E-state index contributed by atoms with van der Waals surface area (Å²) < 4.78 is 7.72. The van der Waals surface area contributed by atoms with Gasteiger partial charge in [0.1, 0.15) is 24.0 Å². The lowest BCUT2D eigenvalue weighted by molar-refractivity contribution is -0.688. The largest absolute Gasteiger partial charge is 0.543 e. The van der Waals surface area contributed by atoms with Crippen LogP contribution in [-0.4, -0.2) is 66.4 Å². The third-order valence-electron chi connectivity index (χ3n) is 5.48. The molecule has 3 N–H and O–H groups in total. The number of nitrogens with zero attached hydrogens (tertiary/aromatic N) is 6. The first-order valence-electron chi connectivity index (χ1n) is 10.2. The molecule has 15 heteroatoms. The summed E-state index contributed by atoms with van der Waals surface area (Å²) in [5, 5.41) is 17.8. The van der Waals surface area contributed by atoms with E-state index in [0.717, 1.165) is 21.9 Å². The molecule has 13 nitrogen and oxygen atoms in total. The Labute approximate surface area is 206 Å². The number of nitrogens with one attached hydrogen (secondary N) is 1. The number of aromatic nitrogens is 4. The Balaban J connectivity index is 1.36. The molecule has 5 rings (SSSR count). The predicted octanol–water partition coefficient (Wildman–Crippen LogP) is -1.88. The summed E-state index contributed by atoms with van der Waals surface area (Å²) in [5.41, 5.74) is 6.63. The number of hydrogen-bond acceptors (Lipinski definition) is 11. The van der Waals surface area contributed by atoms with Crippen LogP contribution in [0.1, 0.15) is 5.82 Å². The number of rotatable bonds is 7. The molecule has 1 saturated heterocycles. The van der Waals surface area contributed by atoms with E-state index >= 15 is 0 Å². The van der Waals surface area contributed by atoms with Crippen molar-refractivity contribution in [3.8, 4) is 0 Å². The van der Waals surface area contributed by atoms with Gasteiger partial charge in [-0.3, -0.25) is 14.5 Å². The van der Waals surface area contributed by atoms with Crippen molar-refractivity contribution >= 4 is 57.4 Å². The first-order chi connectivity index (χ1) is 16.9. The number of thioether (sulfide) groups is 1. The van der Waals surface area contributed by atoms with Gasteiger partial charge in [-0.05, 0) is 12.1 Å². The van der Waals surface area contributed by atoms with Crippen LogP contribution >= 0.6 is 23.3 Å². The normalized spacial score (nSPS) is 20.0. The molecule has 0 aromatic carbocycles. The Morgan fingerprint density at radius 2 is 2.26 bits per heavy atom. The number of fused-ring (bicyclic) bond motifs is 2. The Kier molecular flexibility index (Phi) is 5.86. The monoisotopic (exact) mass is 514 g/mol. The molecule has 0 radical (unpaired) electrons. The number of nitrogen functional groups attached to an aromatic ring is 1. The van der Waals surface area contributed by atoms with Crippen LogP contribution in [0.25, 0.3) is 5.52 Å². The molecule has 0 unspecified atom stereocenters. The number of oxime groups is 1. The van der Waals surface area contributed by atoms with Crippen molar-refractivity contribution in [2.75, 3.05) is 18.6 Å². The SMILES string of the molecule is CO/N=C(\C(=O)N[C@@H]1C(=O)N2C(C(=O)[O-])=C(C[n+]3ccn4cccc4c3)CS[C@@H]12)c1nsc(N)n1. The first-order valence-corrected chi connectivity index (χ1v) is 12.0. The maximum absolute atomic E-state index is 12.9. The van der Waals surface area contributed by atoms with Gasteiger partial charge in [-0.15, -0.1) is 11.8 Å². The van der Waals surface area contributed by atoms with Crippen molar-refractivity contribution in [3.63, 3.8) is 0 Å². The number of carbonyl (C=O) groups excluding carboxylic acids is 3. The molecule has 180 valence electrons. The fraction of sp³-hybridized carbons (Fsp3) is 0.250. The molecule has 2 aliphatic rings. The fourth-order valence-corrected chi connectivity index (χ4v) is 5.72. The molecule has 3 aromatic heterocycles. The van der Waals surface area contributed by atoms with E-state index in [0.29, 0.717) is 11.3 Å². The van der Waals surface area contributed by atoms with Gasteiger partial charge in [-0.1, -0.05) is 5.16 Å². The molecule has 1 fully saturated rings. The van der Waals surface area contributed by atoms with Gasteiger partial charge in [0.05, 0.1) is 17.9 Å². The van der Waals surface area contributed by atoms with Gasteiger partial charge in [-0.2, -0.15) is 13.9 Å². The lowest BCUT2D eigenvalue weighted by Gasteiger charge is -2.50. The number of β-lactam (4-membered cyclic amide) rings is 1. The number of carboxylic acids is 1. The average molecular weight is 515 g/mol. The minimum atomic E-state index is -1.45. The molecule has 35 heavy (non-hydrogen) atoms. The van der Waals surface area contributed by atoms with E-state index < -0.39 is 29.2 Å². The summed E-state index contributed by atoms with van der Waals surface area (Å²) in [6, 6.07) is 2.87. The standard InChI is InChI=1S/C20H18N8O5S2/c1-33-24-12(15-23-20(21)35-25-15)16(29)22-13-17(30)28-14(19(31)32)10(9-34-18(13)28)7-26-5-6-27-4-2-3-11(27)8-26/h2-6,8,13,18H,7,9H2,1H3,(H3-,21,22,23,25,29,31,32)/b24-12-/t13-,18+/m1/s1. The average Bonchev–Trinajstić information content (AvgIpc) is 3.48. The predicted molar refractivity (Wildman–Crippen MR) is 123 cm³/mol. The summed E-state index contributed by atoms with van der Waals surface area (Å²) in [6.07, 6.45) is 7.47. The second-order valence-corrected chi connectivity index (χ2v) is 9.51. The van der Waals surface area contributed by atoms with E-state index in [1.165, 1.54) is 18.9 Å². The Morgan fingerprint density at radius 1 is 1.43 bits per heavy atom. The van der Waals surface area contributed by atoms with E-state index in [-0.39, 0.29) is 28.9 Å². The quantitative estimate of drug-likeness (QED) is 0.158. The molecular formula is C20H18N8O5S2. The number of nitrogens with two attached hydrogens (primary N) is 1. The van der Waals surface area contributed by atoms with E-state index in [1.807, 2.05) is 45.9 Å². The van der Waals surface area contributed by atoms with Crippen molar-refractivity contribution in [2.24, 2.45) is 5.16 Å². The molecule has 3 aromatic rings. The third-order valence-corrected chi connectivity index (χ3v) is 7.36. The fourth-order valence-electron chi connectivity index (χ4n) is 3.95. The van der Waals surface area contributed by atoms with Crippen LogP contribution in [0, 0.1) is 0 Å². The van der Waals surface area contributed by atoms with Crippen molar-refractivity contribution in [2.45, 2.75) is 18.0 Å². The van der Waals surface area contributed by atoms with Gasteiger partial charge in [0.15, 0.2) is 24.1 Å². The summed E-state index contributed by atoms with van der Waals surface area (Å²) >= 11 is 2.23. The molecule has 0 spiro atoms. The summed E-state index contributed by atoms with van der Waals surface area (Å²) in [4.78, 5) is 47.6. The number of carbonyl (C=O) groups is 3. The Bertz CT molecular complexity index is 1410. The molecule has 2 amide bonds. The zero-order valence-corrected chi connectivity index (χ0v) is 19.8. The van der Waals surface area contributed by atoms with E-state index in [2.05, 4.69) is 19.8 Å². The van der Waals surface area contributed by atoms with Crippen LogP contribution in [0.15, 0.2) is 53.3 Å². The minimum Gasteiger partial charge on any atom is -0.543 e. The molecular weight excluding hydrogens is 496 g/mol. The van der Waals surface area contributed by atoms with Crippen molar-refractivity contribution in [1.29, 1.82) is 0 Å². The maximum Gasteiger partial charge on any atom is 0.278 e. The lowest BCUT2D eigenvalue weighted by atomic mass is 10.0. The van der Waals surface area contributed by atoms with Crippen LogP contribution in [-0.2, 0) is 25.8 Å². The topological polar surface area (TPSA) is 171 Å². The van der Waals surface area contributed by atoms with Gasteiger partial charge in [0.25, 0.3) is 11.8 Å². The zero-order chi connectivity index (χ0) is 24.7. The number of amides is 2. The zero-order valence-electron chi connectivity index (χ0n) is 18.2. The van der Waals surface area contributed by atoms with Gasteiger partial charge >= 0.3 is 0 Å². The number of aliphatic carboxylic acids is 1. The highest BCUT2D eigenvalue weighted by atomic mass is 32.2. The highest BCUT2D eigenvalue weighted by molar-refractivity contribution is 8.00. The van der Waals surface area contributed by atoms with E-state index in [4.69, 9.17) is 10.6 Å². The molecule has 2 aliphatic heterocycles.